The van der Waals surface area contributed by atoms with Gasteiger partial charge in [-0.05, 0) is 6.42 Å². The van der Waals surface area contributed by atoms with Gasteiger partial charge in [0, 0.05) is 33.9 Å². The normalized spacial score (nSPS) is 12.6. The number of rotatable bonds is 7. The average molecular weight is 205 g/mol. The maximum atomic E-state index is 5.31. The standard InChI is InChI=1S/C8H19NO3Si/c1-10-13(11-2,12-3)8-6-4-5-7-9/h4-5H,6-9H2,1-3H3. The first-order valence-electron chi connectivity index (χ1n) is 4.25. The summed E-state index contributed by atoms with van der Waals surface area (Å²) in [6.07, 6.45) is 4.80. The molecule has 0 spiro atoms. The van der Waals surface area contributed by atoms with Gasteiger partial charge in [-0.15, -0.1) is 0 Å². The number of allylic oxidation sites excluding steroid dienone is 1. The number of hydrogen-bond acceptors (Lipinski definition) is 4. The molecule has 0 aliphatic rings. The van der Waals surface area contributed by atoms with E-state index in [2.05, 4.69) is 0 Å². The molecule has 0 aliphatic heterocycles. The molecule has 0 radical (unpaired) electrons. The molecule has 0 unspecified atom stereocenters. The molecule has 0 aromatic carbocycles. The summed E-state index contributed by atoms with van der Waals surface area (Å²) in [4.78, 5) is 0. The summed E-state index contributed by atoms with van der Waals surface area (Å²) in [6, 6.07) is 0.785. The van der Waals surface area contributed by atoms with Gasteiger partial charge in [0.1, 0.15) is 0 Å². The van der Waals surface area contributed by atoms with E-state index in [1.165, 1.54) is 0 Å². The van der Waals surface area contributed by atoms with Gasteiger partial charge in [0.15, 0.2) is 0 Å². The highest BCUT2D eigenvalue weighted by Crippen LogP contribution is 2.14. The highest BCUT2D eigenvalue weighted by atomic mass is 28.4. The molecule has 13 heavy (non-hydrogen) atoms. The van der Waals surface area contributed by atoms with Crippen molar-refractivity contribution in [2.75, 3.05) is 27.9 Å². The molecule has 0 aromatic heterocycles. The van der Waals surface area contributed by atoms with Crippen molar-refractivity contribution in [3.8, 4) is 0 Å². The van der Waals surface area contributed by atoms with Crippen LogP contribution in [-0.4, -0.2) is 36.7 Å². The molecule has 0 saturated heterocycles. The van der Waals surface area contributed by atoms with Crippen molar-refractivity contribution in [3.05, 3.63) is 12.2 Å². The maximum Gasteiger partial charge on any atom is 0.500 e. The Bertz CT molecular complexity index is 140. The summed E-state index contributed by atoms with van der Waals surface area (Å²) < 4.78 is 15.7. The molecule has 0 saturated carbocycles. The largest absolute Gasteiger partial charge is 0.500 e. The lowest BCUT2D eigenvalue weighted by molar-refractivity contribution is 0.124. The number of nitrogens with two attached hydrogens (primary N) is 1. The van der Waals surface area contributed by atoms with Crippen LogP contribution in [0.5, 0.6) is 0 Å². The molecule has 2 N–H and O–H groups in total. The zero-order valence-electron chi connectivity index (χ0n) is 8.58. The molecule has 4 nitrogen and oxygen atoms in total. The minimum atomic E-state index is -2.36. The lowest BCUT2D eigenvalue weighted by atomic mass is 10.4. The van der Waals surface area contributed by atoms with Crippen LogP contribution in [0, 0.1) is 0 Å². The molecule has 0 amide bonds. The molecule has 0 bridgehead atoms. The van der Waals surface area contributed by atoms with Crippen LogP contribution in [0.2, 0.25) is 6.04 Å². The van der Waals surface area contributed by atoms with Gasteiger partial charge in [-0.3, -0.25) is 0 Å². The van der Waals surface area contributed by atoms with E-state index in [0.717, 1.165) is 12.5 Å². The smallest absolute Gasteiger partial charge is 0.377 e. The summed E-state index contributed by atoms with van der Waals surface area (Å²) in [7, 11) is 2.49. The fourth-order valence-corrected chi connectivity index (χ4v) is 2.66. The Morgan fingerprint density at radius 2 is 1.62 bits per heavy atom. The molecule has 0 heterocycles. The summed E-state index contributed by atoms with van der Waals surface area (Å²) in [5, 5.41) is 0. The van der Waals surface area contributed by atoms with Gasteiger partial charge in [-0.25, -0.2) is 0 Å². The monoisotopic (exact) mass is 205 g/mol. The third-order valence-electron chi connectivity index (χ3n) is 1.85. The summed E-state index contributed by atoms with van der Waals surface area (Å²) >= 11 is 0. The van der Waals surface area contributed by atoms with Gasteiger partial charge in [-0.1, -0.05) is 12.2 Å². The van der Waals surface area contributed by atoms with Gasteiger partial charge in [-0.2, -0.15) is 0 Å². The highest BCUT2D eigenvalue weighted by Gasteiger charge is 2.36. The van der Waals surface area contributed by atoms with E-state index in [1.807, 2.05) is 12.2 Å². The van der Waals surface area contributed by atoms with Crippen LogP contribution >= 0.6 is 0 Å². The Morgan fingerprint density at radius 3 is 2.00 bits per heavy atom. The zero-order chi connectivity index (χ0) is 10.2. The molecule has 5 heteroatoms. The van der Waals surface area contributed by atoms with Crippen molar-refractivity contribution < 1.29 is 13.3 Å². The third kappa shape index (κ3) is 4.54. The van der Waals surface area contributed by atoms with Gasteiger partial charge >= 0.3 is 8.80 Å². The summed E-state index contributed by atoms with van der Waals surface area (Å²) in [5.74, 6) is 0. The Kier molecular flexibility index (Phi) is 7.11. The van der Waals surface area contributed by atoms with Gasteiger partial charge in [0.05, 0.1) is 0 Å². The molecule has 0 fully saturated rings. The summed E-state index contributed by atoms with van der Waals surface area (Å²) in [6.45, 7) is 0.571. The van der Waals surface area contributed by atoms with Crippen LogP contribution in [0.4, 0.5) is 0 Å². The van der Waals surface area contributed by atoms with Crippen molar-refractivity contribution in [1.82, 2.24) is 0 Å². The molecule has 0 aliphatic carbocycles. The second-order valence-corrected chi connectivity index (χ2v) is 5.63. The summed E-state index contributed by atoms with van der Waals surface area (Å²) in [5.41, 5.74) is 5.31. The SMILES string of the molecule is CO[Si](CCC=CCN)(OC)OC. The highest BCUT2D eigenvalue weighted by molar-refractivity contribution is 6.60. The molecule has 78 valence electrons. The maximum absolute atomic E-state index is 5.31. The Balaban J connectivity index is 3.88. The lowest BCUT2D eigenvalue weighted by Gasteiger charge is -2.23. The van der Waals surface area contributed by atoms with Gasteiger partial charge in [0.2, 0.25) is 0 Å². The predicted octanol–water partition coefficient (Wildman–Crippen LogP) is 0.769. The average Bonchev–Trinajstić information content (AvgIpc) is 2.20. The van der Waals surface area contributed by atoms with E-state index in [0.29, 0.717) is 6.54 Å². The third-order valence-corrected chi connectivity index (χ3v) is 4.62. The first-order chi connectivity index (χ1) is 6.24. The molecule has 0 rings (SSSR count). The molecule has 0 atom stereocenters. The minimum Gasteiger partial charge on any atom is -0.377 e. The van der Waals surface area contributed by atoms with Gasteiger partial charge < -0.3 is 19.0 Å². The van der Waals surface area contributed by atoms with Crippen LogP contribution in [0.3, 0.4) is 0 Å². The topological polar surface area (TPSA) is 53.7 Å². The fraction of sp³-hybridized carbons (Fsp3) is 0.750. The van der Waals surface area contributed by atoms with E-state index in [1.54, 1.807) is 21.3 Å². The molecule has 0 aromatic rings. The Hall–Kier alpha value is -0.203. The quantitative estimate of drug-likeness (QED) is 0.493. The predicted molar refractivity (Wildman–Crippen MR) is 54.4 cm³/mol. The van der Waals surface area contributed by atoms with E-state index >= 15 is 0 Å². The van der Waals surface area contributed by atoms with E-state index in [-0.39, 0.29) is 0 Å². The van der Waals surface area contributed by atoms with Crippen LogP contribution in [0.15, 0.2) is 12.2 Å². The fourth-order valence-electron chi connectivity index (χ4n) is 1.03. The molecular formula is C8H19NO3Si. The van der Waals surface area contributed by atoms with Crippen molar-refractivity contribution in [2.45, 2.75) is 12.5 Å². The lowest BCUT2D eigenvalue weighted by Crippen LogP contribution is -2.42. The van der Waals surface area contributed by atoms with E-state index < -0.39 is 8.80 Å². The van der Waals surface area contributed by atoms with Crippen LogP contribution < -0.4 is 5.73 Å². The second kappa shape index (κ2) is 7.22. The molecular weight excluding hydrogens is 186 g/mol. The minimum absolute atomic E-state index is 0.571. The van der Waals surface area contributed by atoms with Crippen LogP contribution in [-0.2, 0) is 13.3 Å². The first-order valence-corrected chi connectivity index (χ1v) is 6.18. The van der Waals surface area contributed by atoms with Crippen molar-refractivity contribution in [3.63, 3.8) is 0 Å². The zero-order valence-corrected chi connectivity index (χ0v) is 9.58. The van der Waals surface area contributed by atoms with Crippen molar-refractivity contribution in [2.24, 2.45) is 5.73 Å². The van der Waals surface area contributed by atoms with Gasteiger partial charge in [0.25, 0.3) is 0 Å². The first kappa shape index (κ1) is 12.8. The van der Waals surface area contributed by atoms with Crippen molar-refractivity contribution >= 4 is 8.80 Å². The van der Waals surface area contributed by atoms with Crippen molar-refractivity contribution in [1.29, 1.82) is 0 Å². The van der Waals surface area contributed by atoms with E-state index in [4.69, 9.17) is 19.0 Å². The Morgan fingerprint density at radius 1 is 1.08 bits per heavy atom. The van der Waals surface area contributed by atoms with Crippen LogP contribution in [0.25, 0.3) is 0 Å². The Labute approximate surface area is 81.0 Å². The number of hydrogen-bond donors (Lipinski definition) is 1. The van der Waals surface area contributed by atoms with Crippen LogP contribution in [0.1, 0.15) is 6.42 Å². The van der Waals surface area contributed by atoms with E-state index in [9.17, 15) is 0 Å². The second-order valence-electron chi connectivity index (χ2n) is 2.54.